The minimum atomic E-state index is -0.201. The highest BCUT2D eigenvalue weighted by Gasteiger charge is 2.28. The Kier molecular flexibility index (Phi) is 4.43. The Balaban J connectivity index is 1.85. The summed E-state index contributed by atoms with van der Waals surface area (Å²) in [6, 6.07) is 5.36. The van der Waals surface area contributed by atoms with Gasteiger partial charge in [-0.3, -0.25) is 0 Å². The van der Waals surface area contributed by atoms with Crippen molar-refractivity contribution in [1.82, 2.24) is 0 Å². The molecular weight excluding hydrogens is 283 g/mol. The Morgan fingerprint density at radius 3 is 2.88 bits per heavy atom. The van der Waals surface area contributed by atoms with Crippen LogP contribution in [0.25, 0.3) is 0 Å². The summed E-state index contributed by atoms with van der Waals surface area (Å²) in [5.41, 5.74) is 0.764. The topological polar surface area (TPSA) is 9.23 Å². The second kappa shape index (κ2) is 5.85. The first-order valence-electron chi connectivity index (χ1n) is 6.18. The molecule has 0 spiro atoms. The van der Waals surface area contributed by atoms with E-state index in [9.17, 15) is 4.39 Å². The highest BCUT2D eigenvalue weighted by molar-refractivity contribution is 9.09. The van der Waals surface area contributed by atoms with Crippen LogP contribution in [0.5, 0.6) is 5.75 Å². The fourth-order valence-electron chi connectivity index (χ4n) is 2.09. The van der Waals surface area contributed by atoms with Gasteiger partial charge in [0.2, 0.25) is 0 Å². The Morgan fingerprint density at radius 2 is 2.24 bits per heavy atom. The van der Waals surface area contributed by atoms with Crippen LogP contribution in [-0.4, -0.2) is 11.9 Å². The summed E-state index contributed by atoms with van der Waals surface area (Å²) in [5, 5.41) is 0. The lowest BCUT2D eigenvalue weighted by atomic mass is 10.0. The molecule has 17 heavy (non-hydrogen) atoms. The Labute approximate surface area is 110 Å². The van der Waals surface area contributed by atoms with E-state index in [4.69, 9.17) is 4.74 Å². The Bertz CT molecular complexity index is 376. The molecule has 1 aliphatic carbocycles. The lowest BCUT2D eigenvalue weighted by Gasteiger charge is -2.09. The smallest absolute Gasteiger partial charge is 0.168 e. The molecule has 2 rings (SSSR count). The third-order valence-corrected chi connectivity index (χ3v) is 4.53. The van der Waals surface area contributed by atoms with Gasteiger partial charge in [0.25, 0.3) is 0 Å². The van der Waals surface area contributed by atoms with Gasteiger partial charge in [-0.2, -0.15) is 0 Å². The van der Waals surface area contributed by atoms with E-state index in [1.54, 1.807) is 6.07 Å². The van der Waals surface area contributed by atoms with Crippen molar-refractivity contribution in [3.63, 3.8) is 0 Å². The molecule has 0 radical (unpaired) electrons. The molecule has 0 aromatic heterocycles. The molecule has 1 saturated carbocycles. The molecule has 1 nitrogen and oxygen atoms in total. The molecule has 0 bridgehead atoms. The maximum absolute atomic E-state index is 13.8. The van der Waals surface area contributed by atoms with E-state index in [-0.39, 0.29) is 5.82 Å². The van der Waals surface area contributed by atoms with Crippen molar-refractivity contribution in [1.29, 1.82) is 0 Å². The number of rotatable bonds is 6. The number of alkyl halides is 1. The molecule has 0 saturated heterocycles. The van der Waals surface area contributed by atoms with E-state index >= 15 is 0 Å². The van der Waals surface area contributed by atoms with E-state index in [2.05, 4.69) is 15.9 Å². The number of ether oxygens (including phenoxy) is 1. The highest BCUT2D eigenvalue weighted by Crippen LogP contribution is 2.38. The quantitative estimate of drug-likeness (QED) is 0.711. The van der Waals surface area contributed by atoms with Gasteiger partial charge in [-0.1, -0.05) is 28.1 Å². The number of hydrogen-bond acceptors (Lipinski definition) is 1. The second-order valence-electron chi connectivity index (χ2n) is 4.68. The van der Waals surface area contributed by atoms with Gasteiger partial charge in [-0.05, 0) is 49.7 Å². The summed E-state index contributed by atoms with van der Waals surface area (Å²) in [6.45, 7) is 0. The van der Waals surface area contributed by atoms with Crippen LogP contribution >= 0.6 is 15.9 Å². The van der Waals surface area contributed by atoms with Crippen molar-refractivity contribution >= 4 is 15.9 Å². The first-order valence-corrected chi connectivity index (χ1v) is 7.09. The van der Waals surface area contributed by atoms with Crippen LogP contribution in [0.2, 0.25) is 0 Å². The zero-order valence-electron chi connectivity index (χ0n) is 10.1. The average Bonchev–Trinajstić information content (AvgIpc) is 3.15. The molecule has 1 atom stereocenters. The van der Waals surface area contributed by atoms with Crippen molar-refractivity contribution in [2.24, 2.45) is 5.92 Å². The van der Waals surface area contributed by atoms with Gasteiger partial charge in [0, 0.05) is 4.83 Å². The fourth-order valence-corrected chi connectivity index (χ4v) is 2.94. The van der Waals surface area contributed by atoms with Gasteiger partial charge < -0.3 is 4.74 Å². The van der Waals surface area contributed by atoms with E-state index in [0.717, 1.165) is 30.7 Å². The SMILES string of the molecule is COc1cccc(CCCC(Br)C2CC2)c1F. The molecule has 1 aromatic carbocycles. The molecule has 1 fully saturated rings. The maximum atomic E-state index is 13.8. The van der Waals surface area contributed by atoms with Gasteiger partial charge in [0.15, 0.2) is 11.6 Å². The summed E-state index contributed by atoms with van der Waals surface area (Å²) in [4.78, 5) is 0.621. The molecule has 1 unspecified atom stereocenters. The Hall–Kier alpha value is -0.570. The van der Waals surface area contributed by atoms with Crippen LogP contribution in [0.3, 0.4) is 0 Å². The molecular formula is C14H18BrFO. The minimum Gasteiger partial charge on any atom is -0.494 e. The summed E-state index contributed by atoms with van der Waals surface area (Å²) in [7, 11) is 1.50. The standard InChI is InChI=1S/C14H18BrFO/c1-17-13-7-3-5-11(14(13)16)4-2-6-12(15)10-8-9-10/h3,5,7,10,12H,2,4,6,8-9H2,1H3. The summed E-state index contributed by atoms with van der Waals surface area (Å²) in [5.74, 6) is 1.01. The van der Waals surface area contributed by atoms with Crippen molar-refractivity contribution in [2.45, 2.75) is 36.9 Å². The first kappa shape index (κ1) is 12.9. The Morgan fingerprint density at radius 1 is 1.47 bits per heavy atom. The highest BCUT2D eigenvalue weighted by atomic mass is 79.9. The summed E-state index contributed by atoms with van der Waals surface area (Å²) in [6.07, 6.45) is 5.64. The lowest BCUT2D eigenvalue weighted by Crippen LogP contribution is -2.02. The van der Waals surface area contributed by atoms with Gasteiger partial charge in [0.05, 0.1) is 7.11 Å². The van der Waals surface area contributed by atoms with Crippen LogP contribution in [0.1, 0.15) is 31.2 Å². The zero-order valence-corrected chi connectivity index (χ0v) is 11.7. The third-order valence-electron chi connectivity index (χ3n) is 3.32. The van der Waals surface area contributed by atoms with E-state index in [1.165, 1.54) is 20.0 Å². The van der Waals surface area contributed by atoms with Crippen molar-refractivity contribution < 1.29 is 9.13 Å². The van der Waals surface area contributed by atoms with Gasteiger partial charge in [-0.25, -0.2) is 4.39 Å². The van der Waals surface area contributed by atoms with Crippen molar-refractivity contribution in [2.75, 3.05) is 7.11 Å². The monoisotopic (exact) mass is 300 g/mol. The molecule has 0 heterocycles. The number of benzene rings is 1. The molecule has 3 heteroatoms. The van der Waals surface area contributed by atoms with E-state index in [1.807, 2.05) is 12.1 Å². The van der Waals surface area contributed by atoms with E-state index < -0.39 is 0 Å². The number of aryl methyl sites for hydroxylation is 1. The first-order chi connectivity index (χ1) is 8.22. The normalized spacial score (nSPS) is 16.9. The summed E-state index contributed by atoms with van der Waals surface area (Å²) >= 11 is 3.71. The third kappa shape index (κ3) is 3.44. The second-order valence-corrected chi connectivity index (χ2v) is 5.86. The average molecular weight is 301 g/mol. The number of hydrogen-bond donors (Lipinski definition) is 0. The van der Waals surface area contributed by atoms with Gasteiger partial charge in [-0.15, -0.1) is 0 Å². The van der Waals surface area contributed by atoms with Crippen LogP contribution < -0.4 is 4.74 Å². The zero-order chi connectivity index (χ0) is 12.3. The molecule has 1 aromatic rings. The molecule has 0 amide bonds. The van der Waals surface area contributed by atoms with Crippen LogP contribution in [0.15, 0.2) is 18.2 Å². The van der Waals surface area contributed by atoms with Crippen molar-refractivity contribution in [3.05, 3.63) is 29.6 Å². The largest absolute Gasteiger partial charge is 0.494 e. The molecule has 0 N–H and O–H groups in total. The van der Waals surface area contributed by atoms with Gasteiger partial charge >= 0.3 is 0 Å². The number of methoxy groups -OCH3 is 1. The molecule has 0 aliphatic heterocycles. The molecule has 94 valence electrons. The lowest BCUT2D eigenvalue weighted by molar-refractivity contribution is 0.384. The number of halogens is 2. The molecule has 1 aliphatic rings. The van der Waals surface area contributed by atoms with Crippen molar-refractivity contribution in [3.8, 4) is 5.75 Å². The fraction of sp³-hybridized carbons (Fsp3) is 0.571. The predicted molar refractivity (Wildman–Crippen MR) is 71.3 cm³/mol. The maximum Gasteiger partial charge on any atom is 0.168 e. The summed E-state index contributed by atoms with van der Waals surface area (Å²) < 4.78 is 18.8. The van der Waals surface area contributed by atoms with Gasteiger partial charge in [0.1, 0.15) is 0 Å². The predicted octanol–water partition coefficient (Wildman–Crippen LogP) is 4.33. The van der Waals surface area contributed by atoms with Crippen LogP contribution in [-0.2, 0) is 6.42 Å². The van der Waals surface area contributed by atoms with Crippen LogP contribution in [0, 0.1) is 11.7 Å². The van der Waals surface area contributed by atoms with Crippen LogP contribution in [0.4, 0.5) is 4.39 Å². The van der Waals surface area contributed by atoms with E-state index in [0.29, 0.717) is 10.6 Å². The minimum absolute atomic E-state index is 0.201.